The molecule has 2 radical (unpaired) electrons. The molecule has 0 fully saturated rings. The second-order valence-corrected chi connectivity index (χ2v) is 6.85. The van der Waals surface area contributed by atoms with Gasteiger partial charge in [0.05, 0.1) is 0 Å². The maximum absolute atomic E-state index is 13.9. The molecule has 0 amide bonds. The molecule has 0 unspecified atom stereocenters. The zero-order valence-corrected chi connectivity index (χ0v) is 14.9. The molecule has 0 atom stereocenters. The zero-order valence-electron chi connectivity index (χ0n) is 14.9. The van der Waals surface area contributed by atoms with Gasteiger partial charge in [0, 0.05) is 6.42 Å². The van der Waals surface area contributed by atoms with Gasteiger partial charge in [-0.3, -0.25) is 0 Å². The minimum absolute atomic E-state index is 0.0911. The van der Waals surface area contributed by atoms with Gasteiger partial charge in [-0.15, -0.1) is 0 Å². The number of benzene rings is 2. The lowest BCUT2D eigenvalue weighted by molar-refractivity contribution is -0.288. The number of halogens is 6. The molecule has 150 valence electrons. The quantitative estimate of drug-likeness (QED) is 0.613. The summed E-state index contributed by atoms with van der Waals surface area (Å²) < 4.78 is 88.3. The van der Waals surface area contributed by atoms with Gasteiger partial charge in [0.2, 0.25) is 5.41 Å². The summed E-state index contributed by atoms with van der Waals surface area (Å²) in [6, 6.07) is 9.87. The summed E-state index contributed by atoms with van der Waals surface area (Å²) in [5, 5.41) is 0. The van der Waals surface area contributed by atoms with Gasteiger partial charge in [0.25, 0.3) is 0 Å². The van der Waals surface area contributed by atoms with Crippen molar-refractivity contribution in [2.45, 2.75) is 43.6 Å². The Labute approximate surface area is 158 Å². The normalized spacial score (nSPS) is 13.3. The van der Waals surface area contributed by atoms with Crippen molar-refractivity contribution in [2.24, 2.45) is 0 Å². The molecule has 2 aromatic rings. The van der Waals surface area contributed by atoms with Crippen molar-refractivity contribution in [3.05, 3.63) is 71.3 Å². The van der Waals surface area contributed by atoms with E-state index in [0.717, 1.165) is 48.5 Å². The first-order chi connectivity index (χ1) is 12.8. The second kappa shape index (κ2) is 7.48. The third kappa shape index (κ3) is 4.00. The van der Waals surface area contributed by atoms with Crippen molar-refractivity contribution in [1.82, 2.24) is 0 Å². The maximum atomic E-state index is 13.9. The molecule has 2 rings (SSSR count). The SMILES string of the molecule is CC(C)(Cc1ccc(C(c2cc[c]cc2)(C(F)(F)F)C(F)(F)F)cc1)O[C]=O. The van der Waals surface area contributed by atoms with Gasteiger partial charge in [-0.25, -0.2) is 4.79 Å². The molecule has 0 aliphatic heterocycles. The third-order valence-corrected chi connectivity index (χ3v) is 4.34. The molecule has 0 heterocycles. The van der Waals surface area contributed by atoms with Crippen LogP contribution in [0.2, 0.25) is 0 Å². The van der Waals surface area contributed by atoms with E-state index < -0.39 is 34.5 Å². The van der Waals surface area contributed by atoms with Crippen molar-refractivity contribution in [3.8, 4) is 0 Å². The van der Waals surface area contributed by atoms with Crippen LogP contribution in [0.1, 0.15) is 30.5 Å². The summed E-state index contributed by atoms with van der Waals surface area (Å²) in [6.45, 7) is 4.36. The second-order valence-electron chi connectivity index (χ2n) is 6.85. The van der Waals surface area contributed by atoms with Crippen LogP contribution in [0, 0.1) is 6.07 Å². The van der Waals surface area contributed by atoms with E-state index in [4.69, 9.17) is 4.74 Å². The Bertz CT molecular complexity index is 778. The number of hydrogen-bond donors (Lipinski definition) is 0. The van der Waals surface area contributed by atoms with E-state index in [-0.39, 0.29) is 6.42 Å². The largest absolute Gasteiger partial charge is 0.451 e. The predicted molar refractivity (Wildman–Crippen MR) is 89.2 cm³/mol. The van der Waals surface area contributed by atoms with Gasteiger partial charge in [0.1, 0.15) is 5.60 Å². The van der Waals surface area contributed by atoms with E-state index in [0.29, 0.717) is 5.56 Å². The van der Waals surface area contributed by atoms with Crippen molar-refractivity contribution in [1.29, 1.82) is 0 Å². The Morgan fingerprint density at radius 3 is 1.75 bits per heavy atom. The van der Waals surface area contributed by atoms with Crippen molar-refractivity contribution in [2.75, 3.05) is 0 Å². The molecule has 0 saturated heterocycles. The number of alkyl halides is 6. The Morgan fingerprint density at radius 1 is 0.857 bits per heavy atom. The van der Waals surface area contributed by atoms with Crippen molar-refractivity contribution in [3.63, 3.8) is 0 Å². The number of rotatable bonds is 6. The van der Waals surface area contributed by atoms with Crippen LogP contribution in [0.5, 0.6) is 0 Å². The average molecular weight is 402 g/mol. The average Bonchev–Trinajstić information content (AvgIpc) is 2.55. The molecule has 0 aliphatic carbocycles. The first-order valence-electron chi connectivity index (χ1n) is 8.10. The Hall–Kier alpha value is -2.51. The molecule has 8 heteroatoms. The first-order valence-corrected chi connectivity index (χ1v) is 8.10. The number of hydrogen-bond acceptors (Lipinski definition) is 2. The van der Waals surface area contributed by atoms with Gasteiger partial charge in [0.15, 0.2) is 0 Å². The van der Waals surface area contributed by atoms with Crippen molar-refractivity contribution >= 4 is 6.47 Å². The fourth-order valence-corrected chi connectivity index (χ4v) is 3.13. The summed E-state index contributed by atoms with van der Waals surface area (Å²) in [4.78, 5) is 10.4. The molecule has 0 spiro atoms. The van der Waals surface area contributed by atoms with Gasteiger partial charge < -0.3 is 4.74 Å². The lowest BCUT2D eigenvalue weighted by Crippen LogP contribution is -2.54. The minimum atomic E-state index is -5.64. The molecule has 0 N–H and O–H groups in total. The fourth-order valence-electron chi connectivity index (χ4n) is 3.13. The van der Waals surface area contributed by atoms with Crippen LogP contribution >= 0.6 is 0 Å². The van der Waals surface area contributed by atoms with Crippen LogP contribution in [-0.2, 0) is 21.4 Å². The van der Waals surface area contributed by atoms with E-state index in [1.165, 1.54) is 6.47 Å². The fraction of sp³-hybridized carbons (Fsp3) is 0.350. The lowest BCUT2D eigenvalue weighted by Gasteiger charge is -2.38. The molecular formula is C20H16F6O2. The molecule has 2 nitrogen and oxygen atoms in total. The summed E-state index contributed by atoms with van der Waals surface area (Å²) in [5.74, 6) is 0. The topological polar surface area (TPSA) is 26.3 Å². The third-order valence-electron chi connectivity index (χ3n) is 4.34. The first kappa shape index (κ1) is 21.8. The van der Waals surface area contributed by atoms with Gasteiger partial charge in [-0.05, 0) is 36.6 Å². The minimum Gasteiger partial charge on any atom is -0.451 e. The predicted octanol–water partition coefficient (Wildman–Crippen LogP) is 5.30. The van der Waals surface area contributed by atoms with E-state index in [1.54, 1.807) is 13.8 Å². The molecule has 2 aromatic carbocycles. The maximum Gasteiger partial charge on any atom is 0.418 e. The standard InChI is InChI=1S/C20H16F6O2/c1-17(2,28-13-27)12-14-8-10-16(11-9-14)18(19(21,22)23,20(24,25)26)15-6-4-3-5-7-15/h4-11H,12H2,1-2H3. The van der Waals surface area contributed by atoms with Crippen molar-refractivity contribution < 1.29 is 35.9 Å². The van der Waals surface area contributed by atoms with E-state index in [2.05, 4.69) is 6.07 Å². The Balaban J connectivity index is 2.61. The highest BCUT2D eigenvalue weighted by Crippen LogP contribution is 2.56. The molecule has 0 bridgehead atoms. The Morgan fingerprint density at radius 2 is 1.32 bits per heavy atom. The van der Waals surface area contributed by atoms with Gasteiger partial charge in [-0.2, -0.15) is 26.3 Å². The molecule has 0 aromatic heterocycles. The molecule has 28 heavy (non-hydrogen) atoms. The zero-order chi connectivity index (χ0) is 21.2. The van der Waals surface area contributed by atoms with Gasteiger partial charge in [-0.1, -0.05) is 48.5 Å². The van der Waals surface area contributed by atoms with Crippen LogP contribution in [0.3, 0.4) is 0 Å². The highest BCUT2D eigenvalue weighted by atomic mass is 19.4. The van der Waals surface area contributed by atoms with Crippen LogP contribution in [0.4, 0.5) is 26.3 Å². The van der Waals surface area contributed by atoms with Crippen LogP contribution in [0.25, 0.3) is 0 Å². The molecular weight excluding hydrogens is 386 g/mol. The summed E-state index contributed by atoms with van der Waals surface area (Å²) >= 11 is 0. The summed E-state index contributed by atoms with van der Waals surface area (Å²) in [5.41, 5.74) is -6.69. The molecule has 0 aliphatic rings. The highest BCUT2D eigenvalue weighted by molar-refractivity contribution is 5.45. The van der Waals surface area contributed by atoms with Gasteiger partial charge >= 0.3 is 18.8 Å². The smallest absolute Gasteiger partial charge is 0.418 e. The van der Waals surface area contributed by atoms with E-state index >= 15 is 0 Å². The number of carbonyl (C=O) groups excluding carboxylic acids is 1. The van der Waals surface area contributed by atoms with E-state index in [9.17, 15) is 31.1 Å². The van der Waals surface area contributed by atoms with Crippen LogP contribution in [-0.4, -0.2) is 24.4 Å². The van der Waals surface area contributed by atoms with E-state index in [1.807, 2.05) is 0 Å². The van der Waals surface area contributed by atoms with Crippen LogP contribution < -0.4 is 0 Å². The lowest BCUT2D eigenvalue weighted by atomic mass is 9.72. The Kier molecular flexibility index (Phi) is 5.82. The summed E-state index contributed by atoms with van der Waals surface area (Å²) in [7, 11) is 0. The monoisotopic (exact) mass is 402 g/mol. The van der Waals surface area contributed by atoms with Crippen LogP contribution in [0.15, 0.2) is 48.5 Å². The molecule has 0 saturated carbocycles. The number of ether oxygens (including phenoxy) is 1. The summed E-state index contributed by atoms with van der Waals surface area (Å²) in [6.07, 6.45) is -11.2. The highest BCUT2D eigenvalue weighted by Gasteiger charge is 2.72.